The molecule has 0 radical (unpaired) electrons. The van der Waals surface area contributed by atoms with Crippen molar-refractivity contribution in [2.24, 2.45) is 10.9 Å². The van der Waals surface area contributed by atoms with E-state index in [1.807, 2.05) is 37.6 Å². The van der Waals surface area contributed by atoms with Gasteiger partial charge in [-0.3, -0.25) is 9.59 Å². The number of amides is 2. The van der Waals surface area contributed by atoms with Crippen LogP contribution in [0, 0.1) is 5.92 Å². The van der Waals surface area contributed by atoms with Crippen LogP contribution in [0.5, 0.6) is 0 Å². The third kappa shape index (κ3) is 6.63. The molecule has 0 aliphatic carbocycles. The molecule has 1 aromatic carbocycles. The van der Waals surface area contributed by atoms with E-state index in [1.54, 1.807) is 13.1 Å². The van der Waals surface area contributed by atoms with Crippen LogP contribution in [-0.4, -0.2) is 81.9 Å². The lowest BCUT2D eigenvalue weighted by atomic mass is 9.95. The quantitative estimate of drug-likeness (QED) is 0.396. The molecule has 1 unspecified atom stereocenters. The SMILES string of the molecule is CC1=CC(C)=NC(=O)C1CNC(=O)c1cc(-c2ccc(CN(C)CCN3CCCC3)cc2)nc2c1cnn2C(C)C. The molecule has 2 aromatic heterocycles. The number of carbonyl (C=O) groups excluding carboxylic acids is 2. The molecule has 9 heteroatoms. The van der Waals surface area contributed by atoms with Crippen molar-refractivity contribution in [1.82, 2.24) is 29.9 Å². The molecule has 2 amide bonds. The molecular weight excluding hydrogens is 514 g/mol. The molecule has 1 N–H and O–H groups in total. The van der Waals surface area contributed by atoms with Gasteiger partial charge in [-0.1, -0.05) is 29.8 Å². The highest BCUT2D eigenvalue weighted by atomic mass is 16.2. The predicted molar refractivity (Wildman–Crippen MR) is 163 cm³/mol. The minimum absolute atomic E-state index is 0.0818. The fourth-order valence-corrected chi connectivity index (χ4v) is 5.67. The van der Waals surface area contributed by atoms with E-state index >= 15 is 0 Å². The fourth-order valence-electron chi connectivity index (χ4n) is 5.67. The van der Waals surface area contributed by atoms with Crippen molar-refractivity contribution in [3.63, 3.8) is 0 Å². The number of dihydropyridines is 1. The smallest absolute Gasteiger partial charge is 0.254 e. The van der Waals surface area contributed by atoms with Crippen LogP contribution in [0.25, 0.3) is 22.3 Å². The number of pyridine rings is 1. The predicted octanol–water partition coefficient (Wildman–Crippen LogP) is 4.50. The van der Waals surface area contributed by atoms with Crippen molar-refractivity contribution in [3.05, 3.63) is 59.3 Å². The molecule has 0 spiro atoms. The molecule has 1 atom stereocenters. The summed E-state index contributed by atoms with van der Waals surface area (Å²) >= 11 is 0. The summed E-state index contributed by atoms with van der Waals surface area (Å²) < 4.78 is 1.84. The van der Waals surface area contributed by atoms with Gasteiger partial charge in [0, 0.05) is 43.5 Å². The van der Waals surface area contributed by atoms with Gasteiger partial charge < -0.3 is 15.1 Å². The van der Waals surface area contributed by atoms with Gasteiger partial charge in [0.05, 0.1) is 28.8 Å². The van der Waals surface area contributed by atoms with Gasteiger partial charge in [-0.15, -0.1) is 0 Å². The molecule has 2 aliphatic heterocycles. The van der Waals surface area contributed by atoms with E-state index in [2.05, 4.69) is 56.5 Å². The largest absolute Gasteiger partial charge is 0.351 e. The zero-order valence-corrected chi connectivity index (χ0v) is 24.9. The Morgan fingerprint density at radius 3 is 2.56 bits per heavy atom. The van der Waals surface area contributed by atoms with Gasteiger partial charge in [0.2, 0.25) is 0 Å². The number of aromatic nitrogens is 3. The molecule has 3 aromatic rings. The summed E-state index contributed by atoms with van der Waals surface area (Å²) in [6.45, 7) is 13.5. The third-order valence-electron chi connectivity index (χ3n) is 8.04. The molecule has 2 aliphatic rings. The molecule has 216 valence electrons. The van der Waals surface area contributed by atoms with E-state index < -0.39 is 5.92 Å². The second-order valence-corrected chi connectivity index (χ2v) is 11.7. The molecular formula is C32H41N7O2. The highest BCUT2D eigenvalue weighted by Gasteiger charge is 2.25. The molecule has 4 heterocycles. The zero-order valence-electron chi connectivity index (χ0n) is 24.9. The summed E-state index contributed by atoms with van der Waals surface area (Å²) in [7, 11) is 2.17. The van der Waals surface area contributed by atoms with E-state index in [4.69, 9.17) is 4.98 Å². The van der Waals surface area contributed by atoms with Gasteiger partial charge in [0.1, 0.15) is 0 Å². The van der Waals surface area contributed by atoms with Crippen molar-refractivity contribution in [2.45, 2.75) is 53.1 Å². The maximum Gasteiger partial charge on any atom is 0.254 e. The van der Waals surface area contributed by atoms with Gasteiger partial charge >= 0.3 is 0 Å². The van der Waals surface area contributed by atoms with Gasteiger partial charge in [-0.2, -0.15) is 5.10 Å². The summed E-state index contributed by atoms with van der Waals surface area (Å²) in [5.74, 6) is -0.943. The number of hydrogen-bond acceptors (Lipinski definition) is 6. The van der Waals surface area contributed by atoms with Gasteiger partial charge in [0.25, 0.3) is 11.8 Å². The Morgan fingerprint density at radius 1 is 1.15 bits per heavy atom. The maximum absolute atomic E-state index is 13.5. The number of hydrogen-bond donors (Lipinski definition) is 1. The second-order valence-electron chi connectivity index (χ2n) is 11.7. The number of nitrogens with one attached hydrogen (secondary N) is 1. The molecule has 41 heavy (non-hydrogen) atoms. The number of allylic oxidation sites excluding steroid dienone is 1. The van der Waals surface area contributed by atoms with Crippen molar-refractivity contribution >= 4 is 28.6 Å². The number of benzene rings is 1. The van der Waals surface area contributed by atoms with Crippen LogP contribution in [0.2, 0.25) is 0 Å². The molecule has 0 saturated carbocycles. The topological polar surface area (TPSA) is 95.7 Å². The number of likely N-dealkylation sites (tertiary alicyclic amines) is 1. The average Bonchev–Trinajstić information content (AvgIpc) is 3.61. The lowest BCUT2D eigenvalue weighted by Gasteiger charge is -2.21. The number of rotatable bonds is 10. The summed E-state index contributed by atoms with van der Waals surface area (Å²) in [6.07, 6.45) is 6.23. The monoisotopic (exact) mass is 555 g/mol. The first-order chi connectivity index (χ1) is 19.7. The Bertz CT molecular complexity index is 1480. The number of likely N-dealkylation sites (N-methyl/N-ethyl adjacent to an activating group) is 1. The van der Waals surface area contributed by atoms with E-state index in [0.717, 1.165) is 30.8 Å². The van der Waals surface area contributed by atoms with E-state index in [-0.39, 0.29) is 24.4 Å². The lowest BCUT2D eigenvalue weighted by molar-refractivity contribution is -0.120. The number of carbonyl (C=O) groups is 2. The van der Waals surface area contributed by atoms with E-state index in [1.165, 1.54) is 31.5 Å². The minimum atomic E-state index is -0.459. The van der Waals surface area contributed by atoms with Gasteiger partial charge in [-0.25, -0.2) is 14.7 Å². The molecule has 0 bridgehead atoms. The van der Waals surface area contributed by atoms with Crippen LogP contribution in [0.4, 0.5) is 0 Å². The Hall–Kier alpha value is -3.69. The van der Waals surface area contributed by atoms with Crippen LogP contribution in [0.15, 0.2) is 53.2 Å². The van der Waals surface area contributed by atoms with Crippen LogP contribution < -0.4 is 5.32 Å². The van der Waals surface area contributed by atoms with Crippen molar-refractivity contribution < 1.29 is 9.59 Å². The van der Waals surface area contributed by atoms with Crippen LogP contribution >= 0.6 is 0 Å². The summed E-state index contributed by atoms with van der Waals surface area (Å²) in [4.78, 5) is 39.9. The highest BCUT2D eigenvalue weighted by molar-refractivity contribution is 6.08. The first-order valence-electron chi connectivity index (χ1n) is 14.6. The van der Waals surface area contributed by atoms with Crippen molar-refractivity contribution in [1.29, 1.82) is 0 Å². The molecule has 5 rings (SSSR count). The molecule has 1 saturated heterocycles. The maximum atomic E-state index is 13.5. The molecule has 1 fully saturated rings. The zero-order chi connectivity index (χ0) is 29.1. The Kier molecular flexibility index (Phi) is 8.75. The number of nitrogens with zero attached hydrogens (tertiary/aromatic N) is 6. The highest BCUT2D eigenvalue weighted by Crippen LogP contribution is 2.27. The average molecular weight is 556 g/mol. The lowest BCUT2D eigenvalue weighted by Crippen LogP contribution is -2.34. The second kappa shape index (κ2) is 12.4. The first kappa shape index (κ1) is 28.8. The van der Waals surface area contributed by atoms with Crippen LogP contribution in [0.3, 0.4) is 0 Å². The first-order valence-corrected chi connectivity index (χ1v) is 14.6. The Labute approximate surface area is 242 Å². The Morgan fingerprint density at radius 2 is 1.88 bits per heavy atom. The Balaban J connectivity index is 1.35. The van der Waals surface area contributed by atoms with E-state index in [0.29, 0.717) is 28.0 Å². The van der Waals surface area contributed by atoms with E-state index in [9.17, 15) is 9.59 Å². The number of aliphatic imine (C=N–C) groups is 1. The normalized spacial score (nSPS) is 17.9. The fraction of sp³-hybridized carbons (Fsp3) is 0.469. The van der Waals surface area contributed by atoms with Gasteiger partial charge in [0.15, 0.2) is 5.65 Å². The summed E-state index contributed by atoms with van der Waals surface area (Å²) in [6, 6.07) is 10.3. The molecule has 9 nitrogen and oxygen atoms in total. The third-order valence-corrected chi connectivity index (χ3v) is 8.04. The van der Waals surface area contributed by atoms with Gasteiger partial charge in [-0.05, 0) is 78.4 Å². The van der Waals surface area contributed by atoms with Crippen LogP contribution in [-0.2, 0) is 11.3 Å². The standard InChI is InChI=1S/C32H41N7O2/c1-21(2)39-30-28(19-34-39)26(31(40)33-18-27-22(3)16-23(4)35-32(27)41)17-29(36-30)25-10-8-24(9-11-25)20-37(5)14-15-38-12-6-7-13-38/h8-11,16-17,19,21,27H,6-7,12-15,18,20H2,1-5H3,(H,33,40). The minimum Gasteiger partial charge on any atom is -0.351 e. The summed E-state index contributed by atoms with van der Waals surface area (Å²) in [5.41, 5.74) is 5.64. The summed E-state index contributed by atoms with van der Waals surface area (Å²) in [5, 5.41) is 8.19. The van der Waals surface area contributed by atoms with Crippen molar-refractivity contribution in [2.75, 3.05) is 39.8 Å². The van der Waals surface area contributed by atoms with Crippen LogP contribution in [0.1, 0.15) is 62.5 Å². The van der Waals surface area contributed by atoms with Crippen molar-refractivity contribution in [3.8, 4) is 11.3 Å². The number of fused-ring (bicyclic) bond motifs is 1.